The van der Waals surface area contributed by atoms with Gasteiger partial charge < -0.3 is 5.11 Å². The van der Waals surface area contributed by atoms with Crippen molar-refractivity contribution in [3.05, 3.63) is 0 Å². The van der Waals surface area contributed by atoms with Crippen LogP contribution >= 0.6 is 0 Å². The fourth-order valence-electron chi connectivity index (χ4n) is 1.53. The third kappa shape index (κ3) is 4.34. The van der Waals surface area contributed by atoms with Crippen LogP contribution < -0.4 is 0 Å². The Kier molecular flexibility index (Phi) is 9.26. The normalized spacial score (nSPS) is 10.7. The van der Waals surface area contributed by atoms with Crippen LogP contribution in [0.3, 0.4) is 0 Å². The summed E-state index contributed by atoms with van der Waals surface area (Å²) >= 11 is 0. The van der Waals surface area contributed by atoms with Crippen LogP contribution in [0.15, 0.2) is 0 Å². The zero-order valence-corrected chi connectivity index (χ0v) is 13.1. The molecule has 0 aliphatic rings. The Labute approximate surface area is 98.1 Å². The number of rotatable bonds is 6. The number of hydrogen-bond donors (Lipinski definition) is 1. The average molecular weight is 293 g/mol. The van der Waals surface area contributed by atoms with Gasteiger partial charge in [-0.15, -0.1) is 0 Å². The van der Waals surface area contributed by atoms with E-state index in [1.807, 2.05) is 13.8 Å². The fraction of sp³-hybridized carbons (Fsp3) is 0.900. The Bertz CT molecular complexity index is 142. The second-order valence-electron chi connectivity index (χ2n) is 3.40. The van der Waals surface area contributed by atoms with Crippen molar-refractivity contribution < 1.29 is 9.90 Å². The molecule has 0 aromatic carbocycles. The van der Waals surface area contributed by atoms with E-state index in [9.17, 15) is 4.79 Å². The molecule has 0 aromatic heterocycles. The van der Waals surface area contributed by atoms with E-state index in [1.54, 1.807) is 0 Å². The summed E-state index contributed by atoms with van der Waals surface area (Å²) in [5.74, 6) is -0.624. The van der Waals surface area contributed by atoms with Crippen LogP contribution in [0.4, 0.5) is 0 Å². The molecule has 0 aliphatic heterocycles. The van der Waals surface area contributed by atoms with E-state index in [4.69, 9.17) is 5.11 Å². The van der Waals surface area contributed by atoms with Crippen molar-refractivity contribution in [3.8, 4) is 0 Å². The third-order valence-electron chi connectivity index (χ3n) is 2.82. The predicted octanol–water partition coefficient (Wildman–Crippen LogP) is 2.15. The summed E-state index contributed by atoms with van der Waals surface area (Å²) in [5.41, 5.74) is -0.448. The second kappa shape index (κ2) is 7.65. The summed E-state index contributed by atoms with van der Waals surface area (Å²) in [6, 6.07) is 0. The summed E-state index contributed by atoms with van der Waals surface area (Å²) in [5, 5.41) is 9.05. The van der Waals surface area contributed by atoms with E-state index in [1.165, 1.54) is 0 Å². The second-order valence-corrected chi connectivity index (χ2v) is 3.40. The number of hydrogen-bond acceptors (Lipinski definition) is 1. The van der Waals surface area contributed by atoms with Gasteiger partial charge in [-0.05, 0) is 19.3 Å². The van der Waals surface area contributed by atoms with Gasteiger partial charge in [-0.25, -0.2) is 0 Å². The minimum atomic E-state index is -0.624. The van der Waals surface area contributed by atoms with Crippen molar-refractivity contribution in [3.63, 3.8) is 0 Å². The van der Waals surface area contributed by atoms with Crippen LogP contribution in [0.25, 0.3) is 0 Å². The molecular formula is C10H22O2Sn. The Morgan fingerprint density at radius 1 is 1.23 bits per heavy atom. The zero-order chi connectivity index (χ0) is 9.61. The number of carbonyl (C=O) groups is 1. The molecule has 3 heteroatoms. The van der Waals surface area contributed by atoms with E-state index in [0.717, 1.165) is 32.1 Å². The van der Waals surface area contributed by atoms with Gasteiger partial charge in [0, 0.05) is 0 Å². The van der Waals surface area contributed by atoms with Crippen molar-refractivity contribution in [1.82, 2.24) is 0 Å². The maximum atomic E-state index is 11.0. The molecule has 0 atom stereocenters. The van der Waals surface area contributed by atoms with Gasteiger partial charge in [0.1, 0.15) is 0 Å². The van der Waals surface area contributed by atoms with Gasteiger partial charge in [-0.1, -0.05) is 33.6 Å². The molecule has 0 amide bonds. The van der Waals surface area contributed by atoms with Gasteiger partial charge in [0.25, 0.3) is 0 Å². The zero-order valence-electron chi connectivity index (χ0n) is 9.10. The van der Waals surface area contributed by atoms with Crippen molar-refractivity contribution in [2.75, 3.05) is 0 Å². The Balaban J connectivity index is 0. The molecule has 0 saturated carbocycles. The van der Waals surface area contributed by atoms with Gasteiger partial charge in [-0.2, -0.15) is 0 Å². The summed E-state index contributed by atoms with van der Waals surface area (Å²) in [4.78, 5) is 11.0. The Morgan fingerprint density at radius 2 is 1.69 bits per heavy atom. The molecule has 0 heterocycles. The minimum absolute atomic E-state index is 0. The molecule has 0 aromatic rings. The van der Waals surface area contributed by atoms with Crippen LogP contribution in [0.1, 0.15) is 52.9 Å². The molecular weight excluding hydrogens is 271 g/mol. The molecule has 78 valence electrons. The van der Waals surface area contributed by atoms with Gasteiger partial charge >= 0.3 is 29.9 Å². The van der Waals surface area contributed by atoms with E-state index in [0.29, 0.717) is 0 Å². The summed E-state index contributed by atoms with van der Waals surface area (Å²) in [6.45, 7) is 6.03. The average Bonchev–Trinajstić information content (AvgIpc) is 2.07. The third-order valence-corrected chi connectivity index (χ3v) is 2.82. The molecule has 1 N–H and O–H groups in total. The van der Waals surface area contributed by atoms with Gasteiger partial charge in [0.15, 0.2) is 0 Å². The topological polar surface area (TPSA) is 37.3 Å². The van der Waals surface area contributed by atoms with Gasteiger partial charge in [-0.3, -0.25) is 4.79 Å². The molecule has 0 aliphatic carbocycles. The van der Waals surface area contributed by atoms with Gasteiger partial charge in [0.2, 0.25) is 0 Å². The van der Waals surface area contributed by atoms with E-state index >= 15 is 0 Å². The number of aliphatic carboxylic acids is 1. The van der Waals surface area contributed by atoms with Crippen molar-refractivity contribution >= 4 is 29.9 Å². The first kappa shape index (κ1) is 15.7. The first-order valence-corrected chi connectivity index (χ1v) is 4.86. The molecule has 0 fully saturated rings. The van der Waals surface area contributed by atoms with Crippen molar-refractivity contribution in [1.29, 1.82) is 0 Å². The molecule has 13 heavy (non-hydrogen) atoms. The molecule has 0 rings (SSSR count). The first-order valence-electron chi connectivity index (χ1n) is 4.86. The quantitative estimate of drug-likeness (QED) is 0.762. The maximum absolute atomic E-state index is 11.0. The molecule has 0 spiro atoms. The number of carboxylic acids is 1. The standard InChI is InChI=1S/C10H20O2.Sn.2H/c1-4-7-8-10(5-2,6-3)9(11)12;;;/h4-8H2,1-3H3,(H,11,12);;;. The van der Waals surface area contributed by atoms with Crippen molar-refractivity contribution in [2.24, 2.45) is 5.41 Å². The molecule has 0 bridgehead atoms. The van der Waals surface area contributed by atoms with E-state index in [2.05, 4.69) is 6.92 Å². The fourth-order valence-corrected chi connectivity index (χ4v) is 1.53. The van der Waals surface area contributed by atoms with Crippen LogP contribution in [0.5, 0.6) is 0 Å². The molecule has 0 saturated heterocycles. The van der Waals surface area contributed by atoms with Gasteiger partial charge in [0.05, 0.1) is 5.41 Å². The van der Waals surface area contributed by atoms with Crippen molar-refractivity contribution in [2.45, 2.75) is 52.9 Å². The van der Waals surface area contributed by atoms with Crippen LogP contribution in [0.2, 0.25) is 0 Å². The van der Waals surface area contributed by atoms with E-state index < -0.39 is 11.4 Å². The SMILES string of the molecule is CCCCC(CC)(CC)C(=O)O.[SnH2]. The van der Waals surface area contributed by atoms with Crippen LogP contribution in [-0.4, -0.2) is 35.0 Å². The summed E-state index contributed by atoms with van der Waals surface area (Å²) in [7, 11) is 0. The molecule has 0 unspecified atom stereocenters. The summed E-state index contributed by atoms with van der Waals surface area (Å²) < 4.78 is 0. The molecule has 2 radical (unpaired) electrons. The number of unbranched alkanes of at least 4 members (excludes halogenated alkanes) is 1. The monoisotopic (exact) mass is 294 g/mol. The van der Waals surface area contributed by atoms with E-state index in [-0.39, 0.29) is 23.9 Å². The molecule has 2 nitrogen and oxygen atoms in total. The number of carboxylic acid groups (broad SMARTS) is 1. The Morgan fingerprint density at radius 3 is 1.92 bits per heavy atom. The van der Waals surface area contributed by atoms with Crippen LogP contribution in [0, 0.1) is 5.41 Å². The predicted molar refractivity (Wildman–Crippen MR) is 58.7 cm³/mol. The first-order chi connectivity index (χ1) is 5.63. The van der Waals surface area contributed by atoms with Crippen LogP contribution in [-0.2, 0) is 4.79 Å². The Hall–Kier alpha value is 0.269. The summed E-state index contributed by atoms with van der Waals surface area (Å²) in [6.07, 6.45) is 4.42.